The minimum atomic E-state index is -0.127. The van der Waals surface area contributed by atoms with Crippen molar-refractivity contribution in [1.29, 1.82) is 0 Å². The van der Waals surface area contributed by atoms with Gasteiger partial charge in [-0.25, -0.2) is 0 Å². The van der Waals surface area contributed by atoms with Gasteiger partial charge in [0.1, 0.15) is 0 Å². The van der Waals surface area contributed by atoms with Gasteiger partial charge in [-0.05, 0) is 30.6 Å². The van der Waals surface area contributed by atoms with Crippen LogP contribution in [0.4, 0.5) is 0 Å². The number of nitrogens with zero attached hydrogens (tertiary/aromatic N) is 3. The Morgan fingerprint density at radius 2 is 1.88 bits per heavy atom. The van der Waals surface area contributed by atoms with Gasteiger partial charge in [-0.15, -0.1) is 10.2 Å². The number of rotatable bonds is 5. The number of aryl methyl sites for hydroxylation is 1. The van der Waals surface area contributed by atoms with Crippen LogP contribution in [0.1, 0.15) is 79.0 Å². The number of piperidine rings is 1. The summed E-state index contributed by atoms with van der Waals surface area (Å²) in [5, 5.41) is 8.18. The van der Waals surface area contributed by atoms with Gasteiger partial charge >= 0.3 is 0 Å². The normalized spacial score (nSPS) is 18.2. The van der Waals surface area contributed by atoms with E-state index in [0.717, 1.165) is 32.4 Å². The van der Waals surface area contributed by atoms with E-state index in [-0.39, 0.29) is 11.3 Å². The lowest BCUT2D eigenvalue weighted by molar-refractivity contribution is -0.133. The maximum Gasteiger partial charge on any atom is 0.222 e. The van der Waals surface area contributed by atoms with Crippen molar-refractivity contribution in [2.75, 3.05) is 13.1 Å². The monoisotopic (exact) mass is 335 g/mol. The summed E-state index contributed by atoms with van der Waals surface area (Å²) in [5.74, 6) is 2.23. The Hall–Kier alpha value is -1.39. The van der Waals surface area contributed by atoms with Gasteiger partial charge in [0, 0.05) is 31.3 Å². The van der Waals surface area contributed by atoms with Crippen molar-refractivity contribution in [3.05, 3.63) is 11.8 Å². The van der Waals surface area contributed by atoms with Gasteiger partial charge in [0.25, 0.3) is 0 Å². The lowest BCUT2D eigenvalue weighted by Crippen LogP contribution is -2.43. The topological polar surface area (TPSA) is 59.2 Å². The van der Waals surface area contributed by atoms with Gasteiger partial charge < -0.3 is 9.32 Å². The summed E-state index contributed by atoms with van der Waals surface area (Å²) in [4.78, 5) is 14.4. The van der Waals surface area contributed by atoms with Gasteiger partial charge in [-0.1, -0.05) is 41.5 Å². The Balaban J connectivity index is 1.75. The molecule has 1 amide bonds. The number of hydrogen-bond acceptors (Lipinski definition) is 4. The fourth-order valence-electron chi connectivity index (χ4n) is 3.05. The van der Waals surface area contributed by atoms with Crippen LogP contribution in [0.5, 0.6) is 0 Å². The number of hydrogen-bond donors (Lipinski definition) is 0. The molecule has 0 radical (unpaired) electrons. The molecular weight excluding hydrogens is 302 g/mol. The molecule has 2 rings (SSSR count). The van der Waals surface area contributed by atoms with Gasteiger partial charge in [0.05, 0.1) is 0 Å². The van der Waals surface area contributed by atoms with Crippen LogP contribution >= 0.6 is 0 Å². The van der Waals surface area contributed by atoms with Crippen LogP contribution in [0.3, 0.4) is 0 Å². The van der Waals surface area contributed by atoms with Crippen molar-refractivity contribution in [2.24, 2.45) is 11.3 Å². The Labute approximate surface area is 146 Å². The van der Waals surface area contributed by atoms with E-state index in [1.54, 1.807) is 0 Å². The number of amides is 1. The van der Waals surface area contributed by atoms with Crippen LogP contribution in [-0.4, -0.2) is 34.1 Å². The molecule has 0 aliphatic carbocycles. The molecule has 5 heteroatoms. The third kappa shape index (κ3) is 4.58. The molecule has 24 heavy (non-hydrogen) atoms. The fraction of sp³-hybridized carbons (Fsp3) is 0.842. The highest BCUT2D eigenvalue weighted by atomic mass is 16.4. The number of carbonyl (C=O) groups excluding carboxylic acids is 1. The average molecular weight is 335 g/mol. The number of carbonyl (C=O) groups is 1. The van der Waals surface area contributed by atoms with Crippen molar-refractivity contribution >= 4 is 5.91 Å². The lowest BCUT2D eigenvalue weighted by atomic mass is 9.72. The molecule has 1 aliphatic rings. The average Bonchev–Trinajstić information content (AvgIpc) is 2.96. The number of aromatic nitrogens is 2. The molecule has 0 atom stereocenters. The van der Waals surface area contributed by atoms with Crippen LogP contribution in [0.25, 0.3) is 0 Å². The standard InChI is InChI=1S/C19H33N3O2/c1-14(2)19(6)10-12-22(13-11-19)16(23)9-7-8-15-20-21-17(24-15)18(3,4)5/h14H,7-13H2,1-6H3. The molecule has 1 aromatic heterocycles. The van der Waals surface area contributed by atoms with Crippen LogP contribution in [-0.2, 0) is 16.6 Å². The first kappa shape index (κ1) is 18.9. The largest absolute Gasteiger partial charge is 0.425 e. The summed E-state index contributed by atoms with van der Waals surface area (Å²) in [5.41, 5.74) is 0.252. The molecule has 5 nitrogen and oxygen atoms in total. The van der Waals surface area contributed by atoms with Crippen molar-refractivity contribution in [1.82, 2.24) is 15.1 Å². The minimum absolute atomic E-state index is 0.127. The van der Waals surface area contributed by atoms with Crippen molar-refractivity contribution in [2.45, 2.75) is 79.1 Å². The third-order valence-electron chi connectivity index (χ3n) is 5.54. The van der Waals surface area contributed by atoms with E-state index in [4.69, 9.17) is 4.42 Å². The molecule has 0 unspecified atom stereocenters. The predicted molar refractivity (Wildman–Crippen MR) is 94.7 cm³/mol. The minimum Gasteiger partial charge on any atom is -0.425 e. The Morgan fingerprint density at radius 1 is 1.25 bits per heavy atom. The van der Waals surface area contributed by atoms with Crippen molar-refractivity contribution < 1.29 is 9.21 Å². The Bertz CT molecular complexity index is 549. The third-order valence-corrected chi connectivity index (χ3v) is 5.54. The lowest BCUT2D eigenvalue weighted by Gasteiger charge is -2.42. The summed E-state index contributed by atoms with van der Waals surface area (Å²) in [6.07, 6.45) is 4.21. The Kier molecular flexibility index (Phi) is 5.71. The maximum atomic E-state index is 12.4. The van der Waals surface area contributed by atoms with Gasteiger partial charge in [-0.3, -0.25) is 4.79 Å². The summed E-state index contributed by atoms with van der Waals surface area (Å²) < 4.78 is 5.68. The van der Waals surface area contributed by atoms with Crippen molar-refractivity contribution in [3.63, 3.8) is 0 Å². The summed E-state index contributed by atoms with van der Waals surface area (Å²) >= 11 is 0. The predicted octanol–water partition coefficient (Wildman–Crippen LogP) is 3.97. The molecule has 0 bridgehead atoms. The molecule has 1 aromatic rings. The summed E-state index contributed by atoms with van der Waals surface area (Å²) in [6.45, 7) is 14.9. The van der Waals surface area contributed by atoms with Crippen LogP contribution in [0.2, 0.25) is 0 Å². The molecule has 1 fully saturated rings. The molecule has 136 valence electrons. The molecule has 0 spiro atoms. The summed E-state index contributed by atoms with van der Waals surface area (Å²) in [6, 6.07) is 0. The quantitative estimate of drug-likeness (QED) is 0.817. The highest BCUT2D eigenvalue weighted by Crippen LogP contribution is 2.38. The molecule has 1 saturated heterocycles. The van der Waals surface area contributed by atoms with E-state index >= 15 is 0 Å². The zero-order chi connectivity index (χ0) is 18.0. The van der Waals surface area contributed by atoms with Crippen LogP contribution < -0.4 is 0 Å². The zero-order valence-corrected chi connectivity index (χ0v) is 16.2. The first-order valence-electron chi connectivity index (χ1n) is 9.22. The van der Waals surface area contributed by atoms with E-state index in [1.165, 1.54) is 0 Å². The van der Waals surface area contributed by atoms with Gasteiger partial charge in [0.2, 0.25) is 17.7 Å². The van der Waals surface area contributed by atoms with Crippen molar-refractivity contribution in [3.8, 4) is 0 Å². The van der Waals surface area contributed by atoms with Gasteiger partial charge in [-0.2, -0.15) is 0 Å². The first-order chi connectivity index (χ1) is 11.1. The molecule has 0 saturated carbocycles. The smallest absolute Gasteiger partial charge is 0.222 e. The second kappa shape index (κ2) is 7.24. The second-order valence-corrected chi connectivity index (χ2v) is 8.79. The fourth-order valence-corrected chi connectivity index (χ4v) is 3.05. The first-order valence-corrected chi connectivity index (χ1v) is 9.22. The van der Waals surface area contributed by atoms with Gasteiger partial charge in [0.15, 0.2) is 0 Å². The Morgan fingerprint density at radius 3 is 2.38 bits per heavy atom. The van der Waals surface area contributed by atoms with E-state index in [0.29, 0.717) is 36.0 Å². The molecular formula is C19H33N3O2. The van der Waals surface area contributed by atoms with E-state index < -0.39 is 0 Å². The molecule has 2 heterocycles. The van der Waals surface area contributed by atoms with E-state index in [9.17, 15) is 4.79 Å². The molecule has 1 aliphatic heterocycles. The zero-order valence-electron chi connectivity index (χ0n) is 16.2. The second-order valence-electron chi connectivity index (χ2n) is 8.79. The highest BCUT2D eigenvalue weighted by Gasteiger charge is 2.34. The van der Waals surface area contributed by atoms with E-state index in [2.05, 4.69) is 51.7 Å². The SMILES string of the molecule is CC(C)C1(C)CCN(C(=O)CCCc2nnc(C(C)(C)C)o2)CC1. The van der Waals surface area contributed by atoms with E-state index in [1.807, 2.05) is 4.90 Å². The number of likely N-dealkylation sites (tertiary alicyclic amines) is 1. The van der Waals surface area contributed by atoms with Crippen LogP contribution in [0.15, 0.2) is 4.42 Å². The maximum absolute atomic E-state index is 12.4. The molecule has 0 N–H and O–H groups in total. The van der Waals surface area contributed by atoms with Crippen LogP contribution in [0, 0.1) is 11.3 Å². The summed E-state index contributed by atoms with van der Waals surface area (Å²) in [7, 11) is 0. The molecule has 0 aromatic carbocycles. The highest BCUT2D eigenvalue weighted by molar-refractivity contribution is 5.76.